The van der Waals surface area contributed by atoms with Crippen LogP contribution in [0.15, 0.2) is 42.5 Å². The van der Waals surface area contributed by atoms with E-state index < -0.39 is 11.6 Å². The number of halogens is 2. The van der Waals surface area contributed by atoms with Crippen molar-refractivity contribution < 1.29 is 13.5 Å². The molecule has 0 radical (unpaired) electrons. The molecular weight excluding hydrogens is 372 g/mol. The lowest BCUT2D eigenvalue weighted by Gasteiger charge is -2.32. The highest BCUT2D eigenvalue weighted by atomic mass is 19.1. The van der Waals surface area contributed by atoms with Crippen molar-refractivity contribution in [1.29, 1.82) is 0 Å². The standard InChI is InChI=1S/C23H27F2N3O/c1-26-12-14-28(15-13-26)11-5-7-19-18-6-3-4-8-21(18)27(2)23(19)29-22-10-9-17(24)16-20(22)25/h3-4,6,8-10,16H,5,7,11-15H2,1-2H3. The van der Waals surface area contributed by atoms with E-state index in [9.17, 15) is 8.78 Å². The molecule has 0 N–H and O–H groups in total. The number of nitrogens with zero attached hydrogens (tertiary/aromatic N) is 3. The van der Waals surface area contributed by atoms with Gasteiger partial charge in [-0.25, -0.2) is 8.78 Å². The summed E-state index contributed by atoms with van der Waals surface area (Å²) in [5.74, 6) is -0.648. The smallest absolute Gasteiger partial charge is 0.204 e. The summed E-state index contributed by atoms with van der Waals surface area (Å²) in [5, 5.41) is 1.12. The third-order valence-corrected chi connectivity index (χ3v) is 5.75. The van der Waals surface area contributed by atoms with E-state index in [0.717, 1.165) is 68.1 Å². The van der Waals surface area contributed by atoms with Crippen LogP contribution in [0.1, 0.15) is 12.0 Å². The second-order valence-corrected chi connectivity index (χ2v) is 7.79. The quantitative estimate of drug-likeness (QED) is 0.612. The van der Waals surface area contributed by atoms with Crippen LogP contribution in [-0.2, 0) is 13.5 Å². The Bertz CT molecular complexity index is 993. The number of fused-ring (bicyclic) bond motifs is 1. The maximum absolute atomic E-state index is 14.2. The average molecular weight is 399 g/mol. The van der Waals surface area contributed by atoms with Gasteiger partial charge in [0.2, 0.25) is 5.88 Å². The molecule has 1 fully saturated rings. The molecule has 2 heterocycles. The van der Waals surface area contributed by atoms with Gasteiger partial charge >= 0.3 is 0 Å². The minimum absolute atomic E-state index is 0.0395. The van der Waals surface area contributed by atoms with Crippen LogP contribution in [0.3, 0.4) is 0 Å². The van der Waals surface area contributed by atoms with Crippen LogP contribution in [0.4, 0.5) is 8.78 Å². The van der Waals surface area contributed by atoms with E-state index in [1.165, 1.54) is 12.1 Å². The van der Waals surface area contributed by atoms with Gasteiger partial charge in [-0.2, -0.15) is 0 Å². The molecule has 0 aliphatic carbocycles. The van der Waals surface area contributed by atoms with Gasteiger partial charge in [-0.1, -0.05) is 18.2 Å². The third kappa shape index (κ3) is 4.28. The monoisotopic (exact) mass is 399 g/mol. The molecule has 29 heavy (non-hydrogen) atoms. The molecule has 0 amide bonds. The SMILES string of the molecule is CN1CCN(CCCc2c(Oc3ccc(F)cc3F)n(C)c3ccccc23)CC1. The average Bonchev–Trinajstić information content (AvgIpc) is 2.97. The molecule has 154 valence electrons. The number of hydrogen-bond donors (Lipinski definition) is 0. The van der Waals surface area contributed by atoms with Crippen LogP contribution in [0, 0.1) is 11.6 Å². The number of rotatable bonds is 6. The zero-order valence-corrected chi connectivity index (χ0v) is 17.0. The van der Waals surface area contributed by atoms with Crippen molar-refractivity contribution in [2.24, 2.45) is 7.05 Å². The lowest BCUT2D eigenvalue weighted by Crippen LogP contribution is -2.44. The summed E-state index contributed by atoms with van der Waals surface area (Å²) in [5.41, 5.74) is 2.11. The van der Waals surface area contributed by atoms with Gasteiger partial charge in [0.1, 0.15) is 5.82 Å². The van der Waals surface area contributed by atoms with E-state index in [-0.39, 0.29) is 5.75 Å². The zero-order chi connectivity index (χ0) is 20.4. The largest absolute Gasteiger partial charge is 0.437 e. The first kappa shape index (κ1) is 19.9. The third-order valence-electron chi connectivity index (χ3n) is 5.75. The number of likely N-dealkylation sites (N-methyl/N-ethyl adjacent to an activating group) is 1. The van der Waals surface area contributed by atoms with Gasteiger partial charge < -0.3 is 19.1 Å². The number of aryl methyl sites for hydroxylation is 2. The summed E-state index contributed by atoms with van der Waals surface area (Å²) in [6.45, 7) is 5.42. The Labute approximate surface area is 170 Å². The summed E-state index contributed by atoms with van der Waals surface area (Å²) in [7, 11) is 4.08. The Balaban J connectivity index is 1.57. The topological polar surface area (TPSA) is 20.6 Å². The number of hydrogen-bond acceptors (Lipinski definition) is 3. The highest BCUT2D eigenvalue weighted by Gasteiger charge is 2.19. The molecule has 0 atom stereocenters. The number of ether oxygens (including phenoxy) is 1. The molecule has 1 aromatic heterocycles. The van der Waals surface area contributed by atoms with Crippen LogP contribution in [0.5, 0.6) is 11.6 Å². The molecule has 0 bridgehead atoms. The summed E-state index contributed by atoms with van der Waals surface area (Å²) in [6.07, 6.45) is 1.84. The van der Waals surface area contributed by atoms with Crippen molar-refractivity contribution in [3.8, 4) is 11.6 Å². The Morgan fingerprint density at radius 3 is 2.48 bits per heavy atom. The van der Waals surface area contributed by atoms with Gasteiger partial charge in [-0.15, -0.1) is 0 Å². The maximum Gasteiger partial charge on any atom is 0.204 e. The van der Waals surface area contributed by atoms with Crippen molar-refractivity contribution in [1.82, 2.24) is 14.4 Å². The number of piperazine rings is 1. The van der Waals surface area contributed by atoms with E-state index in [4.69, 9.17) is 4.74 Å². The highest BCUT2D eigenvalue weighted by molar-refractivity contribution is 5.87. The van der Waals surface area contributed by atoms with Gasteiger partial charge in [0, 0.05) is 50.2 Å². The Morgan fingerprint density at radius 1 is 0.966 bits per heavy atom. The molecule has 0 spiro atoms. The Hall–Kier alpha value is -2.44. The van der Waals surface area contributed by atoms with Gasteiger partial charge in [0.15, 0.2) is 11.6 Å². The Kier molecular flexibility index (Phi) is 5.83. The molecule has 4 nitrogen and oxygen atoms in total. The maximum atomic E-state index is 14.2. The predicted octanol–water partition coefficient (Wildman–Crippen LogP) is 4.43. The summed E-state index contributed by atoms with van der Waals surface area (Å²) >= 11 is 0. The van der Waals surface area contributed by atoms with Crippen LogP contribution >= 0.6 is 0 Å². The molecule has 0 saturated carbocycles. The molecule has 1 aliphatic heterocycles. The van der Waals surface area contributed by atoms with Crippen LogP contribution in [0.2, 0.25) is 0 Å². The van der Waals surface area contributed by atoms with E-state index in [1.807, 2.05) is 29.8 Å². The Morgan fingerprint density at radius 2 is 1.72 bits per heavy atom. The molecular formula is C23H27F2N3O. The van der Waals surface area contributed by atoms with E-state index >= 15 is 0 Å². The molecule has 1 saturated heterocycles. The van der Waals surface area contributed by atoms with Crippen molar-refractivity contribution in [2.45, 2.75) is 12.8 Å². The zero-order valence-electron chi connectivity index (χ0n) is 17.0. The second-order valence-electron chi connectivity index (χ2n) is 7.79. The fourth-order valence-electron chi connectivity index (χ4n) is 4.03. The van der Waals surface area contributed by atoms with Gasteiger partial charge in [0.25, 0.3) is 0 Å². The van der Waals surface area contributed by atoms with E-state index in [0.29, 0.717) is 5.88 Å². The molecule has 1 aliphatic rings. The van der Waals surface area contributed by atoms with Gasteiger partial charge in [0.05, 0.1) is 5.52 Å². The fraction of sp³-hybridized carbons (Fsp3) is 0.391. The van der Waals surface area contributed by atoms with Crippen molar-refractivity contribution in [3.05, 3.63) is 59.7 Å². The molecule has 3 aromatic rings. The number of benzene rings is 2. The highest BCUT2D eigenvalue weighted by Crippen LogP contribution is 2.36. The first-order chi connectivity index (χ1) is 14.0. The van der Waals surface area contributed by atoms with Gasteiger partial charge in [-0.3, -0.25) is 0 Å². The van der Waals surface area contributed by atoms with Crippen LogP contribution in [0.25, 0.3) is 10.9 Å². The van der Waals surface area contributed by atoms with Crippen molar-refractivity contribution >= 4 is 10.9 Å². The minimum atomic E-state index is -0.696. The lowest BCUT2D eigenvalue weighted by atomic mass is 10.1. The van der Waals surface area contributed by atoms with E-state index in [1.54, 1.807) is 0 Å². The second kappa shape index (κ2) is 8.51. The van der Waals surface area contributed by atoms with Gasteiger partial charge in [-0.05, 0) is 44.6 Å². The van der Waals surface area contributed by atoms with Crippen molar-refractivity contribution in [2.75, 3.05) is 39.8 Å². The minimum Gasteiger partial charge on any atom is -0.437 e. The molecule has 4 rings (SSSR count). The van der Waals surface area contributed by atoms with Crippen LogP contribution < -0.4 is 4.74 Å². The van der Waals surface area contributed by atoms with Crippen LogP contribution in [-0.4, -0.2) is 54.1 Å². The number of aromatic nitrogens is 1. The summed E-state index contributed by atoms with van der Waals surface area (Å²) in [6, 6.07) is 11.5. The van der Waals surface area contributed by atoms with Crippen molar-refractivity contribution in [3.63, 3.8) is 0 Å². The molecule has 6 heteroatoms. The lowest BCUT2D eigenvalue weighted by molar-refractivity contribution is 0.153. The van der Waals surface area contributed by atoms with E-state index in [2.05, 4.69) is 22.9 Å². The summed E-state index contributed by atoms with van der Waals surface area (Å²) < 4.78 is 35.4. The predicted molar refractivity (Wildman–Crippen MR) is 112 cm³/mol. The first-order valence-electron chi connectivity index (χ1n) is 10.1. The molecule has 0 unspecified atom stereocenters. The first-order valence-corrected chi connectivity index (χ1v) is 10.1. The normalized spacial score (nSPS) is 15.9. The fourth-order valence-corrected chi connectivity index (χ4v) is 4.03. The number of para-hydroxylation sites is 1. The summed E-state index contributed by atoms with van der Waals surface area (Å²) in [4.78, 5) is 4.84. The molecule has 2 aromatic carbocycles.